The van der Waals surface area contributed by atoms with Crippen molar-refractivity contribution in [3.05, 3.63) is 54.1 Å². The van der Waals surface area contributed by atoms with E-state index in [1.807, 2.05) is 24.3 Å². The topological polar surface area (TPSA) is 66.3 Å². The minimum atomic E-state index is -0.907. The van der Waals surface area contributed by atoms with Crippen molar-refractivity contribution in [3.63, 3.8) is 0 Å². The first-order chi connectivity index (χ1) is 9.59. The number of aliphatic hydroxyl groups is 1. The van der Waals surface area contributed by atoms with E-state index in [1.165, 1.54) is 18.6 Å². The van der Waals surface area contributed by atoms with Crippen LogP contribution in [-0.2, 0) is 5.60 Å². The second-order valence-electron chi connectivity index (χ2n) is 5.09. The number of nitrogens with zero attached hydrogens (tertiary/aromatic N) is 3. The Morgan fingerprint density at radius 2 is 2.15 bits per heavy atom. The summed E-state index contributed by atoms with van der Waals surface area (Å²) < 4.78 is 0. The monoisotopic (exact) mass is 269 g/mol. The predicted octanol–water partition coefficient (Wildman–Crippen LogP) is 1.73. The van der Waals surface area contributed by atoms with Crippen molar-refractivity contribution in [2.24, 2.45) is 0 Å². The van der Waals surface area contributed by atoms with Gasteiger partial charge in [-0.2, -0.15) is 0 Å². The maximum Gasteiger partial charge on any atom is 0.278 e. The molecule has 5 heteroatoms. The SMILES string of the molecule is CC1(O)CCN(C(=O)c2cnccn2)c2ccccc21. The van der Waals surface area contributed by atoms with E-state index in [0.29, 0.717) is 18.7 Å². The van der Waals surface area contributed by atoms with E-state index in [1.54, 1.807) is 11.8 Å². The molecule has 2 heterocycles. The summed E-state index contributed by atoms with van der Waals surface area (Å²) in [6.45, 7) is 2.23. The quantitative estimate of drug-likeness (QED) is 0.856. The second kappa shape index (κ2) is 4.68. The third-order valence-electron chi connectivity index (χ3n) is 3.62. The summed E-state index contributed by atoms with van der Waals surface area (Å²) >= 11 is 0. The number of rotatable bonds is 1. The molecule has 5 nitrogen and oxygen atoms in total. The second-order valence-corrected chi connectivity index (χ2v) is 5.09. The van der Waals surface area contributed by atoms with Gasteiger partial charge in [-0.15, -0.1) is 0 Å². The highest BCUT2D eigenvalue weighted by Crippen LogP contribution is 2.38. The number of carbonyl (C=O) groups is 1. The van der Waals surface area contributed by atoms with Crippen LogP contribution in [0.3, 0.4) is 0 Å². The van der Waals surface area contributed by atoms with Crippen molar-refractivity contribution in [2.45, 2.75) is 18.9 Å². The highest BCUT2D eigenvalue weighted by atomic mass is 16.3. The van der Waals surface area contributed by atoms with Gasteiger partial charge >= 0.3 is 0 Å². The molecule has 0 saturated heterocycles. The van der Waals surface area contributed by atoms with Crippen LogP contribution in [0.4, 0.5) is 5.69 Å². The average molecular weight is 269 g/mol. The molecule has 1 aromatic heterocycles. The van der Waals surface area contributed by atoms with Crippen molar-refractivity contribution >= 4 is 11.6 Å². The molecule has 0 saturated carbocycles. The van der Waals surface area contributed by atoms with Crippen LogP contribution in [0, 0.1) is 0 Å². The van der Waals surface area contributed by atoms with Crippen LogP contribution < -0.4 is 4.90 Å². The fraction of sp³-hybridized carbons (Fsp3) is 0.267. The molecule has 1 unspecified atom stereocenters. The number of benzene rings is 1. The van der Waals surface area contributed by atoms with Gasteiger partial charge in [0.05, 0.1) is 17.5 Å². The Labute approximate surface area is 116 Å². The van der Waals surface area contributed by atoms with Crippen LogP contribution >= 0.6 is 0 Å². The fourth-order valence-corrected chi connectivity index (χ4v) is 2.51. The molecule has 1 atom stereocenters. The molecule has 0 bridgehead atoms. The highest BCUT2D eigenvalue weighted by molar-refractivity contribution is 6.05. The summed E-state index contributed by atoms with van der Waals surface area (Å²) in [7, 11) is 0. The fourth-order valence-electron chi connectivity index (χ4n) is 2.51. The Bertz CT molecular complexity index is 641. The number of carbonyl (C=O) groups excluding carboxylic acids is 1. The number of para-hydroxylation sites is 1. The highest BCUT2D eigenvalue weighted by Gasteiger charge is 2.35. The van der Waals surface area contributed by atoms with Crippen molar-refractivity contribution < 1.29 is 9.90 Å². The molecule has 20 heavy (non-hydrogen) atoms. The Morgan fingerprint density at radius 1 is 1.35 bits per heavy atom. The minimum Gasteiger partial charge on any atom is -0.385 e. The molecule has 0 fully saturated rings. The molecular formula is C15H15N3O2. The number of aromatic nitrogens is 2. The summed E-state index contributed by atoms with van der Waals surface area (Å²) in [5, 5.41) is 10.4. The predicted molar refractivity (Wildman–Crippen MR) is 74.3 cm³/mol. The van der Waals surface area contributed by atoms with Crippen LogP contribution in [0.15, 0.2) is 42.9 Å². The Balaban J connectivity index is 2.03. The molecule has 102 valence electrons. The van der Waals surface area contributed by atoms with Crippen molar-refractivity contribution in [1.82, 2.24) is 9.97 Å². The van der Waals surface area contributed by atoms with E-state index in [4.69, 9.17) is 0 Å². The van der Waals surface area contributed by atoms with Crippen LogP contribution in [0.5, 0.6) is 0 Å². The van der Waals surface area contributed by atoms with Crippen molar-refractivity contribution in [1.29, 1.82) is 0 Å². The molecular weight excluding hydrogens is 254 g/mol. The zero-order valence-corrected chi connectivity index (χ0v) is 11.2. The van der Waals surface area contributed by atoms with Gasteiger partial charge in [0.2, 0.25) is 0 Å². The molecule has 1 amide bonds. The normalized spacial score (nSPS) is 21.4. The number of fused-ring (bicyclic) bond motifs is 1. The van der Waals surface area contributed by atoms with Crippen LogP contribution in [0.25, 0.3) is 0 Å². The van der Waals surface area contributed by atoms with Gasteiger partial charge in [0.25, 0.3) is 5.91 Å². The van der Waals surface area contributed by atoms with E-state index in [-0.39, 0.29) is 5.91 Å². The molecule has 0 radical (unpaired) electrons. The first-order valence-electron chi connectivity index (χ1n) is 6.49. The number of hydrogen-bond acceptors (Lipinski definition) is 4. The zero-order valence-electron chi connectivity index (χ0n) is 11.2. The van der Waals surface area contributed by atoms with Gasteiger partial charge in [-0.1, -0.05) is 18.2 Å². The van der Waals surface area contributed by atoms with Crippen LogP contribution in [-0.4, -0.2) is 27.5 Å². The first-order valence-corrected chi connectivity index (χ1v) is 6.49. The zero-order chi connectivity index (χ0) is 14.2. The summed E-state index contributed by atoms with van der Waals surface area (Å²) in [4.78, 5) is 22.1. The van der Waals surface area contributed by atoms with E-state index in [0.717, 1.165) is 11.3 Å². The summed E-state index contributed by atoms with van der Waals surface area (Å²) in [5.74, 6) is -0.193. The lowest BCUT2D eigenvalue weighted by molar-refractivity contribution is 0.0450. The summed E-state index contributed by atoms with van der Waals surface area (Å²) in [5.41, 5.74) is 0.905. The van der Waals surface area contributed by atoms with Gasteiger partial charge in [-0.3, -0.25) is 9.78 Å². The maximum absolute atomic E-state index is 12.5. The Kier molecular flexibility index (Phi) is 2.99. The molecule has 0 aliphatic carbocycles. The Morgan fingerprint density at radius 3 is 2.90 bits per heavy atom. The molecule has 1 aromatic carbocycles. The van der Waals surface area contributed by atoms with E-state index >= 15 is 0 Å². The van der Waals surface area contributed by atoms with Crippen LogP contribution in [0.2, 0.25) is 0 Å². The number of amides is 1. The van der Waals surface area contributed by atoms with Crippen LogP contribution in [0.1, 0.15) is 29.4 Å². The van der Waals surface area contributed by atoms with E-state index < -0.39 is 5.60 Å². The Hall–Kier alpha value is -2.27. The lowest BCUT2D eigenvalue weighted by Gasteiger charge is -2.37. The molecule has 1 N–H and O–H groups in total. The summed E-state index contributed by atoms with van der Waals surface area (Å²) in [6.07, 6.45) is 4.98. The van der Waals surface area contributed by atoms with Gasteiger partial charge < -0.3 is 10.0 Å². The van der Waals surface area contributed by atoms with Gasteiger partial charge in [0, 0.05) is 24.5 Å². The molecule has 1 aliphatic heterocycles. The minimum absolute atomic E-state index is 0.193. The van der Waals surface area contributed by atoms with Gasteiger partial charge in [-0.05, 0) is 19.4 Å². The molecule has 1 aliphatic rings. The third kappa shape index (κ3) is 2.06. The van der Waals surface area contributed by atoms with Gasteiger partial charge in [-0.25, -0.2) is 4.98 Å². The standard InChI is InChI=1S/C15H15N3O2/c1-15(20)6-9-18(13-5-3-2-4-11(13)15)14(19)12-10-16-7-8-17-12/h2-5,7-8,10,20H,6,9H2,1H3. The third-order valence-corrected chi connectivity index (χ3v) is 3.62. The smallest absolute Gasteiger partial charge is 0.278 e. The number of anilines is 1. The van der Waals surface area contributed by atoms with Gasteiger partial charge in [0.1, 0.15) is 5.69 Å². The van der Waals surface area contributed by atoms with Gasteiger partial charge in [0.15, 0.2) is 0 Å². The molecule has 3 rings (SSSR count). The lowest BCUT2D eigenvalue weighted by Crippen LogP contribution is -2.42. The van der Waals surface area contributed by atoms with Crippen molar-refractivity contribution in [2.75, 3.05) is 11.4 Å². The maximum atomic E-state index is 12.5. The average Bonchev–Trinajstić information content (AvgIpc) is 2.48. The molecule has 0 spiro atoms. The van der Waals surface area contributed by atoms with E-state index in [9.17, 15) is 9.90 Å². The molecule has 2 aromatic rings. The first kappa shape index (κ1) is 12.7. The van der Waals surface area contributed by atoms with Crippen molar-refractivity contribution in [3.8, 4) is 0 Å². The number of hydrogen-bond donors (Lipinski definition) is 1. The lowest BCUT2D eigenvalue weighted by atomic mass is 9.87. The van der Waals surface area contributed by atoms with E-state index in [2.05, 4.69) is 9.97 Å². The summed E-state index contributed by atoms with van der Waals surface area (Å²) in [6, 6.07) is 7.42. The largest absolute Gasteiger partial charge is 0.385 e.